The van der Waals surface area contributed by atoms with E-state index in [1.54, 1.807) is 6.08 Å². The second-order valence-corrected chi connectivity index (χ2v) is 3.77. The molecule has 0 amide bonds. The van der Waals surface area contributed by atoms with E-state index in [4.69, 9.17) is 0 Å². The van der Waals surface area contributed by atoms with Gasteiger partial charge >= 0.3 is 5.97 Å². The highest BCUT2D eigenvalue weighted by Gasteiger charge is 2.12. The van der Waals surface area contributed by atoms with E-state index in [0.29, 0.717) is 0 Å². The monoisotopic (exact) mass is 217 g/mol. The van der Waals surface area contributed by atoms with Crippen LogP contribution in [0.15, 0.2) is 30.3 Å². The Labute approximate surface area is 95.1 Å². The summed E-state index contributed by atoms with van der Waals surface area (Å²) < 4.78 is 4.67. The van der Waals surface area contributed by atoms with Gasteiger partial charge in [-0.1, -0.05) is 18.2 Å². The quantitative estimate of drug-likeness (QED) is 0.580. The zero-order valence-corrected chi connectivity index (χ0v) is 9.32. The van der Waals surface area contributed by atoms with Crippen LogP contribution in [0.25, 0.3) is 5.57 Å². The topological polar surface area (TPSA) is 38.3 Å². The number of para-hydroxylation sites is 1. The minimum absolute atomic E-state index is 0.285. The molecule has 3 nitrogen and oxygen atoms in total. The van der Waals surface area contributed by atoms with Gasteiger partial charge in [0, 0.05) is 23.9 Å². The Morgan fingerprint density at radius 2 is 2.25 bits per heavy atom. The van der Waals surface area contributed by atoms with E-state index < -0.39 is 0 Å². The molecular weight excluding hydrogens is 202 g/mol. The highest BCUT2D eigenvalue weighted by Crippen LogP contribution is 2.29. The molecule has 0 aliphatic carbocycles. The molecule has 1 aromatic rings. The Kier molecular flexibility index (Phi) is 3.25. The lowest BCUT2D eigenvalue weighted by Crippen LogP contribution is -1.98. The molecule has 1 aliphatic rings. The summed E-state index contributed by atoms with van der Waals surface area (Å²) in [5, 5.41) is 3.35. The first-order valence-corrected chi connectivity index (χ1v) is 5.43. The first-order chi connectivity index (χ1) is 7.81. The molecular formula is C13H15NO2. The predicted molar refractivity (Wildman–Crippen MR) is 64.2 cm³/mol. The van der Waals surface area contributed by atoms with Crippen LogP contribution in [-0.2, 0) is 9.53 Å². The molecule has 0 bridgehead atoms. The fourth-order valence-corrected chi connectivity index (χ4v) is 1.90. The highest BCUT2D eigenvalue weighted by molar-refractivity contribution is 5.93. The molecule has 1 heterocycles. The molecule has 0 aromatic heterocycles. The number of rotatable bonds is 1. The van der Waals surface area contributed by atoms with Gasteiger partial charge in [-0.25, -0.2) is 4.79 Å². The smallest absolute Gasteiger partial charge is 0.330 e. The number of nitrogens with one attached hydrogen (secondary N) is 1. The van der Waals surface area contributed by atoms with Crippen molar-refractivity contribution < 1.29 is 9.53 Å². The molecule has 0 spiro atoms. The summed E-state index contributed by atoms with van der Waals surface area (Å²) in [4.78, 5) is 11.3. The number of esters is 1. The highest BCUT2D eigenvalue weighted by atomic mass is 16.5. The number of allylic oxidation sites excluding steroid dienone is 1. The van der Waals surface area contributed by atoms with Crippen molar-refractivity contribution in [1.29, 1.82) is 0 Å². The lowest BCUT2D eigenvalue weighted by atomic mass is 10.0. The van der Waals surface area contributed by atoms with Crippen LogP contribution in [0.5, 0.6) is 0 Å². The Hall–Kier alpha value is -1.77. The van der Waals surface area contributed by atoms with Gasteiger partial charge in [-0.3, -0.25) is 0 Å². The Morgan fingerprint density at radius 1 is 1.44 bits per heavy atom. The molecule has 1 N–H and O–H groups in total. The number of hydrogen-bond donors (Lipinski definition) is 1. The standard InChI is InChI=1S/C13H15NO2/c1-16-13(15)9-10-5-4-8-14-12-7-3-2-6-11(10)12/h2-3,6-7,9,14H,4-5,8H2,1H3/b10-9-. The van der Waals surface area contributed by atoms with E-state index in [2.05, 4.69) is 10.1 Å². The summed E-state index contributed by atoms with van der Waals surface area (Å²) >= 11 is 0. The van der Waals surface area contributed by atoms with E-state index in [0.717, 1.165) is 36.2 Å². The summed E-state index contributed by atoms with van der Waals surface area (Å²) in [5.41, 5.74) is 3.24. The van der Waals surface area contributed by atoms with Gasteiger partial charge < -0.3 is 10.1 Å². The molecule has 1 aromatic carbocycles. The van der Waals surface area contributed by atoms with Gasteiger partial charge in [0.25, 0.3) is 0 Å². The Bertz CT molecular complexity index is 424. The third kappa shape index (κ3) is 2.24. The fourth-order valence-electron chi connectivity index (χ4n) is 1.90. The van der Waals surface area contributed by atoms with E-state index in [1.807, 2.05) is 24.3 Å². The van der Waals surface area contributed by atoms with Crippen molar-refractivity contribution >= 4 is 17.2 Å². The molecule has 0 fully saturated rings. The largest absolute Gasteiger partial charge is 0.466 e. The normalized spacial score (nSPS) is 17.2. The maximum atomic E-state index is 11.3. The number of carbonyl (C=O) groups is 1. The van der Waals surface area contributed by atoms with Crippen molar-refractivity contribution in [1.82, 2.24) is 0 Å². The number of methoxy groups -OCH3 is 1. The van der Waals surface area contributed by atoms with Crippen LogP contribution in [0.2, 0.25) is 0 Å². The number of benzene rings is 1. The zero-order valence-electron chi connectivity index (χ0n) is 9.32. The van der Waals surface area contributed by atoms with Gasteiger partial charge in [0.15, 0.2) is 0 Å². The van der Waals surface area contributed by atoms with E-state index in [-0.39, 0.29) is 5.97 Å². The first-order valence-electron chi connectivity index (χ1n) is 5.43. The number of carbonyl (C=O) groups excluding carboxylic acids is 1. The minimum atomic E-state index is -0.285. The van der Waals surface area contributed by atoms with E-state index in [1.165, 1.54) is 7.11 Å². The average Bonchev–Trinajstić information content (AvgIpc) is 2.52. The van der Waals surface area contributed by atoms with Crippen LogP contribution < -0.4 is 5.32 Å². The maximum absolute atomic E-state index is 11.3. The number of ether oxygens (including phenoxy) is 1. The summed E-state index contributed by atoms with van der Waals surface area (Å²) in [6, 6.07) is 8.04. The molecule has 1 aliphatic heterocycles. The van der Waals surface area contributed by atoms with E-state index >= 15 is 0 Å². The molecule has 0 atom stereocenters. The van der Waals surface area contributed by atoms with Crippen molar-refractivity contribution in [3.63, 3.8) is 0 Å². The van der Waals surface area contributed by atoms with Gasteiger partial charge in [0.05, 0.1) is 7.11 Å². The van der Waals surface area contributed by atoms with Crippen LogP contribution in [0.3, 0.4) is 0 Å². The van der Waals surface area contributed by atoms with Crippen molar-refractivity contribution in [3.05, 3.63) is 35.9 Å². The molecule has 0 saturated heterocycles. The minimum Gasteiger partial charge on any atom is -0.466 e. The van der Waals surface area contributed by atoms with Crippen LogP contribution in [0, 0.1) is 0 Å². The summed E-state index contributed by atoms with van der Waals surface area (Å²) in [7, 11) is 1.40. The predicted octanol–water partition coefficient (Wildman–Crippen LogP) is 2.45. The Balaban J connectivity index is 2.40. The van der Waals surface area contributed by atoms with Gasteiger partial charge in [-0.05, 0) is 24.5 Å². The van der Waals surface area contributed by atoms with Crippen molar-refractivity contribution in [3.8, 4) is 0 Å². The molecule has 0 radical (unpaired) electrons. The summed E-state index contributed by atoms with van der Waals surface area (Å²) in [6.07, 6.45) is 3.52. The van der Waals surface area contributed by atoms with Crippen LogP contribution in [0.1, 0.15) is 18.4 Å². The van der Waals surface area contributed by atoms with Gasteiger partial charge in [-0.2, -0.15) is 0 Å². The molecule has 16 heavy (non-hydrogen) atoms. The SMILES string of the molecule is COC(=O)/C=C1/CCCNc2ccccc21. The molecule has 0 saturated carbocycles. The maximum Gasteiger partial charge on any atom is 0.330 e. The molecule has 3 heteroatoms. The van der Waals surface area contributed by atoms with Crippen LogP contribution >= 0.6 is 0 Å². The second kappa shape index (κ2) is 4.84. The zero-order chi connectivity index (χ0) is 11.4. The molecule has 84 valence electrons. The molecule has 0 unspecified atom stereocenters. The summed E-state index contributed by atoms with van der Waals surface area (Å²) in [6.45, 7) is 0.940. The number of hydrogen-bond acceptors (Lipinski definition) is 3. The molecule has 2 rings (SSSR count). The van der Waals surface area contributed by atoms with Crippen LogP contribution in [-0.4, -0.2) is 19.6 Å². The van der Waals surface area contributed by atoms with Crippen LogP contribution in [0.4, 0.5) is 5.69 Å². The lowest BCUT2D eigenvalue weighted by molar-refractivity contribution is -0.134. The van der Waals surface area contributed by atoms with Crippen molar-refractivity contribution in [2.45, 2.75) is 12.8 Å². The summed E-state index contributed by atoms with van der Waals surface area (Å²) in [5.74, 6) is -0.285. The van der Waals surface area contributed by atoms with Crippen molar-refractivity contribution in [2.75, 3.05) is 19.0 Å². The number of fused-ring (bicyclic) bond motifs is 1. The Morgan fingerprint density at radius 3 is 3.06 bits per heavy atom. The fraction of sp³-hybridized carbons (Fsp3) is 0.308. The second-order valence-electron chi connectivity index (χ2n) is 3.77. The number of anilines is 1. The average molecular weight is 217 g/mol. The van der Waals surface area contributed by atoms with Gasteiger partial charge in [0.1, 0.15) is 0 Å². The first kappa shape index (κ1) is 10.7. The van der Waals surface area contributed by atoms with Gasteiger partial charge in [-0.15, -0.1) is 0 Å². The van der Waals surface area contributed by atoms with Gasteiger partial charge in [0.2, 0.25) is 0 Å². The van der Waals surface area contributed by atoms with E-state index in [9.17, 15) is 4.79 Å². The van der Waals surface area contributed by atoms with Crippen molar-refractivity contribution in [2.24, 2.45) is 0 Å². The third-order valence-electron chi connectivity index (χ3n) is 2.70. The third-order valence-corrected chi connectivity index (χ3v) is 2.70. The lowest BCUT2D eigenvalue weighted by Gasteiger charge is -2.08.